The molecule has 3 N–H and O–H groups in total. The van der Waals surface area contributed by atoms with Crippen LogP contribution in [0.5, 0.6) is 5.75 Å². The highest BCUT2D eigenvalue weighted by molar-refractivity contribution is 5.93. The number of nitrogens with zero attached hydrogens (tertiary/aromatic N) is 4. The first-order valence-electron chi connectivity index (χ1n) is 12.9. The highest BCUT2D eigenvalue weighted by Gasteiger charge is 2.43. The maximum atomic E-state index is 15.1. The maximum absolute atomic E-state index is 15.1. The number of rotatable bonds is 9. The quantitative estimate of drug-likeness (QED) is 0.414. The Kier molecular flexibility index (Phi) is 8.51. The Balaban J connectivity index is 1.56. The van der Waals surface area contributed by atoms with Gasteiger partial charge < -0.3 is 25.4 Å². The van der Waals surface area contributed by atoms with E-state index in [0.717, 1.165) is 32.0 Å². The third-order valence-electron chi connectivity index (χ3n) is 7.26. The van der Waals surface area contributed by atoms with E-state index >= 15 is 4.39 Å². The van der Waals surface area contributed by atoms with Crippen molar-refractivity contribution in [2.24, 2.45) is 0 Å². The minimum atomic E-state index is -0.649. The molecule has 0 spiro atoms. The van der Waals surface area contributed by atoms with E-state index in [1.165, 1.54) is 44.7 Å². The first-order valence-corrected chi connectivity index (χ1v) is 12.9. The van der Waals surface area contributed by atoms with Crippen LogP contribution in [0.4, 0.5) is 36.7 Å². The first kappa shape index (κ1) is 27.8. The maximum Gasteiger partial charge on any atom is 0.321 e. The molecule has 0 saturated carbocycles. The monoisotopic (exact) mass is 533 g/mol. The lowest BCUT2D eigenvalue weighted by molar-refractivity contribution is 0.0500. The van der Waals surface area contributed by atoms with Crippen LogP contribution in [0.3, 0.4) is 0 Å². The van der Waals surface area contributed by atoms with Crippen LogP contribution >= 0.6 is 0 Å². The second-order valence-electron chi connectivity index (χ2n) is 10.4. The Hall–Kier alpha value is -3.25. The molecule has 2 saturated heterocycles. The SMILES string of the molecule is CNC(=O)N(C)c1cc(Nc2ncc(F)c(NC3CC4CCCN4C(C)(C)C3)n2)c(F)cc1OCCOC. The number of urea groups is 1. The molecule has 4 rings (SSSR count). The van der Waals surface area contributed by atoms with Crippen LogP contribution in [-0.2, 0) is 4.74 Å². The molecule has 2 aliphatic rings. The zero-order chi connectivity index (χ0) is 27.4. The van der Waals surface area contributed by atoms with Gasteiger partial charge in [-0.05, 0) is 52.1 Å². The van der Waals surface area contributed by atoms with Crippen LogP contribution in [-0.4, -0.2) is 79.5 Å². The lowest BCUT2D eigenvalue weighted by Crippen LogP contribution is -2.55. The predicted octanol–water partition coefficient (Wildman–Crippen LogP) is 4.12. The molecule has 38 heavy (non-hydrogen) atoms. The molecule has 3 heterocycles. The third-order valence-corrected chi connectivity index (χ3v) is 7.26. The first-order chi connectivity index (χ1) is 18.1. The Morgan fingerprint density at radius 1 is 1.26 bits per heavy atom. The molecule has 0 bridgehead atoms. The summed E-state index contributed by atoms with van der Waals surface area (Å²) in [6, 6.07) is 2.69. The number of nitrogens with one attached hydrogen (secondary N) is 3. The van der Waals surface area contributed by atoms with Gasteiger partial charge in [-0.2, -0.15) is 4.98 Å². The average molecular weight is 534 g/mol. The van der Waals surface area contributed by atoms with Gasteiger partial charge in [-0.25, -0.2) is 18.6 Å². The van der Waals surface area contributed by atoms with Gasteiger partial charge in [0, 0.05) is 44.9 Å². The summed E-state index contributed by atoms with van der Waals surface area (Å²) in [5.74, 6) is -0.974. The van der Waals surface area contributed by atoms with Gasteiger partial charge in [0.2, 0.25) is 5.95 Å². The molecule has 0 radical (unpaired) electrons. The number of benzene rings is 1. The van der Waals surface area contributed by atoms with E-state index < -0.39 is 17.7 Å². The van der Waals surface area contributed by atoms with Crippen molar-refractivity contribution < 1.29 is 23.0 Å². The molecule has 10 nitrogen and oxygen atoms in total. The summed E-state index contributed by atoms with van der Waals surface area (Å²) in [6.07, 6.45) is 5.13. The van der Waals surface area contributed by atoms with Crippen LogP contribution in [0.2, 0.25) is 0 Å². The highest BCUT2D eigenvalue weighted by Crippen LogP contribution is 2.39. The zero-order valence-electron chi connectivity index (χ0n) is 22.6. The topological polar surface area (TPSA) is 104 Å². The second-order valence-corrected chi connectivity index (χ2v) is 10.4. The van der Waals surface area contributed by atoms with Gasteiger partial charge in [0.1, 0.15) is 12.4 Å². The summed E-state index contributed by atoms with van der Waals surface area (Å²) in [4.78, 5) is 24.4. The molecule has 2 aromatic rings. The third kappa shape index (κ3) is 6.07. The number of hydrogen-bond acceptors (Lipinski definition) is 8. The van der Waals surface area contributed by atoms with Gasteiger partial charge in [0.25, 0.3) is 0 Å². The van der Waals surface area contributed by atoms with Gasteiger partial charge in [-0.15, -0.1) is 0 Å². The molecular weight excluding hydrogens is 496 g/mol. The summed E-state index contributed by atoms with van der Waals surface area (Å²) in [5.41, 5.74) is 0.327. The number of hydrogen-bond donors (Lipinski definition) is 3. The number of piperidine rings is 1. The molecular formula is C26H37F2N7O3. The van der Waals surface area contributed by atoms with Crippen molar-refractivity contribution in [2.45, 2.75) is 57.2 Å². The van der Waals surface area contributed by atoms with Crippen molar-refractivity contribution in [2.75, 3.05) is 56.5 Å². The second kappa shape index (κ2) is 11.6. The van der Waals surface area contributed by atoms with Crippen molar-refractivity contribution in [1.82, 2.24) is 20.2 Å². The van der Waals surface area contributed by atoms with E-state index in [0.29, 0.717) is 18.3 Å². The summed E-state index contributed by atoms with van der Waals surface area (Å²) in [6.45, 7) is 6.01. The van der Waals surface area contributed by atoms with Crippen molar-refractivity contribution in [3.8, 4) is 5.75 Å². The summed E-state index contributed by atoms with van der Waals surface area (Å²) >= 11 is 0. The summed E-state index contributed by atoms with van der Waals surface area (Å²) in [5, 5.41) is 8.62. The largest absolute Gasteiger partial charge is 0.489 e. The fourth-order valence-corrected chi connectivity index (χ4v) is 5.49. The molecule has 2 aliphatic heterocycles. The number of amides is 2. The molecule has 1 aromatic heterocycles. The molecule has 2 unspecified atom stereocenters. The Bertz CT molecular complexity index is 1150. The lowest BCUT2D eigenvalue weighted by atomic mass is 9.84. The van der Waals surface area contributed by atoms with Crippen molar-refractivity contribution in [3.63, 3.8) is 0 Å². The number of methoxy groups -OCH3 is 1. The van der Waals surface area contributed by atoms with E-state index in [1.807, 2.05) is 0 Å². The molecule has 12 heteroatoms. The number of carbonyl (C=O) groups is 1. The summed E-state index contributed by atoms with van der Waals surface area (Å²) < 4.78 is 40.4. The van der Waals surface area contributed by atoms with Gasteiger partial charge >= 0.3 is 6.03 Å². The van der Waals surface area contributed by atoms with Crippen molar-refractivity contribution in [1.29, 1.82) is 0 Å². The van der Waals surface area contributed by atoms with E-state index in [2.05, 4.69) is 44.7 Å². The van der Waals surface area contributed by atoms with E-state index in [-0.39, 0.29) is 41.4 Å². The smallest absolute Gasteiger partial charge is 0.321 e. The Morgan fingerprint density at radius 2 is 2.05 bits per heavy atom. The average Bonchev–Trinajstić information content (AvgIpc) is 3.36. The van der Waals surface area contributed by atoms with Crippen LogP contribution in [0.25, 0.3) is 0 Å². The standard InChI is InChI=1S/C26H37F2N7O3/c1-26(2)14-16(11-17-7-6-8-35(17)26)31-23-19(28)15-30-24(33-23)32-20-13-21(34(4)25(36)29-3)22(12-18(20)27)38-10-9-37-5/h12-13,15-17H,6-11,14H2,1-5H3,(H,29,36)(H2,30,31,32,33). The molecule has 2 amide bonds. The van der Waals surface area contributed by atoms with E-state index in [9.17, 15) is 9.18 Å². The number of halogens is 2. The van der Waals surface area contributed by atoms with Gasteiger partial charge in [-0.3, -0.25) is 9.80 Å². The minimum Gasteiger partial charge on any atom is -0.489 e. The molecule has 0 aliphatic carbocycles. The molecule has 2 fully saturated rings. The van der Waals surface area contributed by atoms with Gasteiger partial charge in [0.05, 0.1) is 24.2 Å². The zero-order valence-corrected chi connectivity index (χ0v) is 22.6. The summed E-state index contributed by atoms with van der Waals surface area (Å²) in [7, 11) is 4.55. The van der Waals surface area contributed by atoms with Gasteiger partial charge in [0.15, 0.2) is 17.5 Å². The fraction of sp³-hybridized carbons (Fsp3) is 0.577. The van der Waals surface area contributed by atoms with Crippen LogP contribution < -0.4 is 25.6 Å². The van der Waals surface area contributed by atoms with Crippen molar-refractivity contribution >= 4 is 29.2 Å². The number of anilines is 4. The lowest BCUT2D eigenvalue weighted by Gasteiger charge is -2.47. The molecule has 208 valence electrons. The fourth-order valence-electron chi connectivity index (χ4n) is 5.49. The number of aromatic nitrogens is 2. The molecule has 1 aromatic carbocycles. The molecule has 2 atom stereocenters. The van der Waals surface area contributed by atoms with Crippen LogP contribution in [0.15, 0.2) is 18.3 Å². The number of ether oxygens (including phenoxy) is 2. The van der Waals surface area contributed by atoms with E-state index in [4.69, 9.17) is 9.47 Å². The van der Waals surface area contributed by atoms with Gasteiger partial charge in [-0.1, -0.05) is 0 Å². The number of fused-ring (bicyclic) bond motifs is 1. The minimum absolute atomic E-state index is 0.00504. The normalized spacial score (nSPS) is 20.5. The highest BCUT2D eigenvalue weighted by atomic mass is 19.1. The van der Waals surface area contributed by atoms with E-state index in [1.54, 1.807) is 0 Å². The van der Waals surface area contributed by atoms with Crippen molar-refractivity contribution in [3.05, 3.63) is 30.0 Å². The van der Waals surface area contributed by atoms with Crippen LogP contribution in [0, 0.1) is 11.6 Å². The van der Waals surface area contributed by atoms with Crippen LogP contribution in [0.1, 0.15) is 39.5 Å². The Morgan fingerprint density at radius 3 is 2.79 bits per heavy atom. The number of carbonyl (C=O) groups excluding carboxylic acids is 1. The predicted molar refractivity (Wildman–Crippen MR) is 142 cm³/mol. The Labute approximate surface area is 222 Å².